The van der Waals surface area contributed by atoms with Gasteiger partial charge in [-0.25, -0.2) is 0 Å². The molecular weight excluding hydrogens is 284 g/mol. The monoisotopic (exact) mass is 294 g/mol. The fraction of sp³-hybridized carbons (Fsp3) is 0.625. The number of halogens is 2. The summed E-state index contributed by atoms with van der Waals surface area (Å²) < 4.78 is 3.09. The summed E-state index contributed by atoms with van der Waals surface area (Å²) in [6, 6.07) is 0.420. The molecule has 0 fully saturated rings. The van der Waals surface area contributed by atoms with Crippen molar-refractivity contribution < 1.29 is 0 Å². The third-order valence-corrected chi connectivity index (χ3v) is 2.93. The quantitative estimate of drug-likeness (QED) is 0.783. The van der Waals surface area contributed by atoms with E-state index in [1.54, 1.807) is 0 Å². The first-order chi connectivity index (χ1) is 5.66. The van der Waals surface area contributed by atoms with Crippen LogP contribution in [0.4, 0.5) is 0 Å². The van der Waals surface area contributed by atoms with Gasteiger partial charge in [-0.3, -0.25) is 4.68 Å². The molecule has 0 saturated carbocycles. The van der Waals surface area contributed by atoms with Gasteiger partial charge in [0.25, 0.3) is 0 Å². The minimum atomic E-state index is 0.420. The first kappa shape index (κ1) is 10.3. The number of rotatable bonds is 3. The lowest BCUT2D eigenvalue weighted by Gasteiger charge is -2.06. The lowest BCUT2D eigenvalue weighted by Crippen LogP contribution is -2.02. The summed E-state index contributed by atoms with van der Waals surface area (Å²) in [5, 5.41) is 5.26. The molecule has 0 aliphatic heterocycles. The summed E-state index contributed by atoms with van der Waals surface area (Å²) in [7, 11) is 0. The van der Waals surface area contributed by atoms with Crippen LogP contribution in [0, 0.1) is 0 Å². The Labute approximate surface area is 89.6 Å². The van der Waals surface area contributed by atoms with Crippen molar-refractivity contribution in [3.63, 3.8) is 0 Å². The molecule has 1 rings (SSSR count). The molecule has 0 radical (unpaired) electrons. The summed E-state index contributed by atoms with van der Waals surface area (Å²) in [6.45, 7) is 4.24. The molecule has 0 unspecified atom stereocenters. The first-order valence-corrected chi connectivity index (χ1v) is 5.86. The number of hydrogen-bond donors (Lipinski definition) is 0. The molecule has 0 aliphatic carbocycles. The number of hydrogen-bond acceptors (Lipinski definition) is 1. The van der Waals surface area contributed by atoms with Gasteiger partial charge in [-0.15, -0.1) is 0 Å². The van der Waals surface area contributed by atoms with E-state index in [9.17, 15) is 0 Å². The maximum atomic E-state index is 4.28. The fourth-order valence-corrected chi connectivity index (χ4v) is 2.24. The van der Waals surface area contributed by atoms with Crippen LogP contribution in [0.3, 0.4) is 0 Å². The molecule has 0 bridgehead atoms. The van der Waals surface area contributed by atoms with Crippen LogP contribution in [-0.2, 0) is 6.42 Å². The maximum absolute atomic E-state index is 4.28. The van der Waals surface area contributed by atoms with Gasteiger partial charge < -0.3 is 0 Å². The van der Waals surface area contributed by atoms with E-state index in [2.05, 4.69) is 50.8 Å². The Hall–Kier alpha value is 0.170. The van der Waals surface area contributed by atoms with Gasteiger partial charge in [0, 0.05) is 16.9 Å². The fourth-order valence-electron chi connectivity index (χ4n) is 1.01. The predicted octanol–water partition coefficient (Wildman–Crippen LogP) is 3.16. The zero-order chi connectivity index (χ0) is 9.14. The van der Waals surface area contributed by atoms with Crippen molar-refractivity contribution >= 4 is 31.9 Å². The van der Waals surface area contributed by atoms with Gasteiger partial charge in [-0.2, -0.15) is 5.10 Å². The average molecular weight is 296 g/mol. The zero-order valence-corrected chi connectivity index (χ0v) is 10.4. The third-order valence-electron chi connectivity index (χ3n) is 1.66. The van der Waals surface area contributed by atoms with Gasteiger partial charge in [0.2, 0.25) is 0 Å². The van der Waals surface area contributed by atoms with Crippen LogP contribution in [0.5, 0.6) is 0 Å². The molecule has 2 nitrogen and oxygen atoms in total. The number of nitrogens with zero attached hydrogens (tertiary/aromatic N) is 2. The molecule has 0 aliphatic rings. The van der Waals surface area contributed by atoms with Crippen LogP contribution < -0.4 is 0 Å². The molecule has 0 amide bonds. The molecule has 0 N–H and O–H groups in total. The van der Waals surface area contributed by atoms with Crippen LogP contribution in [0.2, 0.25) is 0 Å². The van der Waals surface area contributed by atoms with Gasteiger partial charge in [0.1, 0.15) is 4.60 Å². The maximum Gasteiger partial charge on any atom is 0.107 e. The molecule has 0 spiro atoms. The molecule has 68 valence electrons. The molecule has 0 saturated heterocycles. The second-order valence-corrected chi connectivity index (χ2v) is 4.48. The standard InChI is InChI=1S/C8H12Br2N2/c1-6(2)12-8(10)7(3-4-9)5-11-12/h5-6H,3-4H2,1-2H3. The Kier molecular flexibility index (Phi) is 3.77. The smallest absolute Gasteiger partial charge is 0.107 e. The van der Waals surface area contributed by atoms with E-state index in [-0.39, 0.29) is 0 Å². The second-order valence-electron chi connectivity index (χ2n) is 2.94. The van der Waals surface area contributed by atoms with Crippen molar-refractivity contribution in [2.75, 3.05) is 5.33 Å². The van der Waals surface area contributed by atoms with Crippen molar-refractivity contribution in [1.29, 1.82) is 0 Å². The van der Waals surface area contributed by atoms with Gasteiger partial charge in [0.15, 0.2) is 0 Å². The molecule has 1 heterocycles. The van der Waals surface area contributed by atoms with E-state index in [0.717, 1.165) is 16.4 Å². The van der Waals surface area contributed by atoms with Crippen LogP contribution in [0.25, 0.3) is 0 Å². The highest BCUT2D eigenvalue weighted by Crippen LogP contribution is 2.20. The Morgan fingerprint density at radius 3 is 2.67 bits per heavy atom. The number of aromatic nitrogens is 2. The largest absolute Gasteiger partial charge is 0.256 e. The van der Waals surface area contributed by atoms with Crippen molar-refractivity contribution in [1.82, 2.24) is 9.78 Å². The van der Waals surface area contributed by atoms with Crippen molar-refractivity contribution in [2.45, 2.75) is 26.3 Å². The average Bonchev–Trinajstić information content (AvgIpc) is 2.34. The van der Waals surface area contributed by atoms with E-state index >= 15 is 0 Å². The Balaban J connectivity index is 2.88. The molecule has 1 aromatic rings. The first-order valence-electron chi connectivity index (χ1n) is 3.94. The van der Waals surface area contributed by atoms with Gasteiger partial charge >= 0.3 is 0 Å². The minimum Gasteiger partial charge on any atom is -0.256 e. The molecule has 12 heavy (non-hydrogen) atoms. The SMILES string of the molecule is CC(C)n1ncc(CCBr)c1Br. The molecule has 0 atom stereocenters. The van der Waals surface area contributed by atoms with Crippen LogP contribution in [0.1, 0.15) is 25.5 Å². The summed E-state index contributed by atoms with van der Waals surface area (Å²) in [4.78, 5) is 0. The Morgan fingerprint density at radius 2 is 2.25 bits per heavy atom. The van der Waals surface area contributed by atoms with E-state index in [1.807, 2.05) is 10.9 Å². The lowest BCUT2D eigenvalue weighted by molar-refractivity contribution is 0.521. The third kappa shape index (κ3) is 2.10. The summed E-state index contributed by atoms with van der Waals surface area (Å²) >= 11 is 6.94. The molecule has 0 aromatic carbocycles. The molecular formula is C8H12Br2N2. The summed E-state index contributed by atoms with van der Waals surface area (Å²) in [5.41, 5.74) is 1.26. The predicted molar refractivity (Wildman–Crippen MR) is 57.8 cm³/mol. The normalized spacial score (nSPS) is 11.1. The van der Waals surface area contributed by atoms with Gasteiger partial charge in [-0.05, 0) is 36.2 Å². The summed E-state index contributed by atoms with van der Waals surface area (Å²) in [6.07, 6.45) is 2.94. The number of aryl methyl sites for hydroxylation is 1. The van der Waals surface area contributed by atoms with Crippen LogP contribution >= 0.6 is 31.9 Å². The van der Waals surface area contributed by atoms with Crippen molar-refractivity contribution in [3.8, 4) is 0 Å². The van der Waals surface area contributed by atoms with Crippen molar-refractivity contribution in [3.05, 3.63) is 16.4 Å². The van der Waals surface area contributed by atoms with Gasteiger partial charge in [-0.1, -0.05) is 15.9 Å². The zero-order valence-electron chi connectivity index (χ0n) is 7.22. The van der Waals surface area contributed by atoms with Gasteiger partial charge in [0.05, 0.1) is 6.20 Å². The topological polar surface area (TPSA) is 17.8 Å². The Bertz CT molecular complexity index is 256. The van der Waals surface area contributed by atoms with E-state index in [0.29, 0.717) is 6.04 Å². The number of alkyl halides is 1. The molecule has 1 aromatic heterocycles. The Morgan fingerprint density at radius 1 is 1.58 bits per heavy atom. The van der Waals surface area contributed by atoms with Crippen LogP contribution in [0.15, 0.2) is 10.8 Å². The lowest BCUT2D eigenvalue weighted by atomic mass is 10.3. The highest BCUT2D eigenvalue weighted by Gasteiger charge is 2.08. The van der Waals surface area contributed by atoms with E-state index in [4.69, 9.17) is 0 Å². The second kappa shape index (κ2) is 4.42. The van der Waals surface area contributed by atoms with Crippen LogP contribution in [-0.4, -0.2) is 15.1 Å². The minimum absolute atomic E-state index is 0.420. The highest BCUT2D eigenvalue weighted by molar-refractivity contribution is 9.10. The summed E-state index contributed by atoms with van der Waals surface area (Å²) in [5.74, 6) is 0. The molecule has 4 heteroatoms. The van der Waals surface area contributed by atoms with E-state index in [1.165, 1.54) is 5.56 Å². The van der Waals surface area contributed by atoms with E-state index < -0.39 is 0 Å². The van der Waals surface area contributed by atoms with Crippen molar-refractivity contribution in [2.24, 2.45) is 0 Å². The highest BCUT2D eigenvalue weighted by atomic mass is 79.9.